The van der Waals surface area contributed by atoms with Gasteiger partial charge in [-0.2, -0.15) is 0 Å². The van der Waals surface area contributed by atoms with Crippen molar-refractivity contribution in [3.8, 4) is 0 Å². The first-order valence-electron chi connectivity index (χ1n) is 8.54. The average molecular weight is 290 g/mol. The Morgan fingerprint density at radius 1 is 1.24 bits per heavy atom. The van der Waals surface area contributed by atoms with Crippen molar-refractivity contribution in [2.45, 2.75) is 76.9 Å². The summed E-state index contributed by atoms with van der Waals surface area (Å²) >= 11 is 0. The SMILES string of the molecule is CC1(C)CCCC(CN)(N(Cc2ccco2)C2CC2)CC1. The predicted molar refractivity (Wildman–Crippen MR) is 85.9 cm³/mol. The Morgan fingerprint density at radius 3 is 2.67 bits per heavy atom. The molecule has 0 aliphatic heterocycles. The van der Waals surface area contributed by atoms with Gasteiger partial charge in [0, 0.05) is 18.1 Å². The minimum atomic E-state index is 0.182. The zero-order valence-corrected chi connectivity index (χ0v) is 13.6. The van der Waals surface area contributed by atoms with Crippen molar-refractivity contribution < 1.29 is 4.42 Å². The van der Waals surface area contributed by atoms with E-state index in [0.29, 0.717) is 5.41 Å². The molecule has 0 aromatic carbocycles. The monoisotopic (exact) mass is 290 g/mol. The van der Waals surface area contributed by atoms with E-state index in [0.717, 1.165) is 24.9 Å². The third-order valence-electron chi connectivity index (χ3n) is 5.65. The van der Waals surface area contributed by atoms with Crippen LogP contribution in [0, 0.1) is 5.41 Å². The molecule has 0 radical (unpaired) electrons. The molecule has 1 heterocycles. The molecule has 0 bridgehead atoms. The van der Waals surface area contributed by atoms with Gasteiger partial charge in [-0.25, -0.2) is 0 Å². The van der Waals surface area contributed by atoms with Crippen molar-refractivity contribution >= 4 is 0 Å². The Bertz CT molecular complexity index is 450. The molecule has 21 heavy (non-hydrogen) atoms. The molecule has 2 saturated carbocycles. The van der Waals surface area contributed by atoms with E-state index in [1.165, 1.54) is 44.9 Å². The van der Waals surface area contributed by atoms with Gasteiger partial charge in [-0.3, -0.25) is 4.90 Å². The molecular formula is C18H30N2O. The van der Waals surface area contributed by atoms with Crippen LogP contribution in [0.25, 0.3) is 0 Å². The summed E-state index contributed by atoms with van der Waals surface area (Å²) in [5.74, 6) is 1.08. The van der Waals surface area contributed by atoms with Crippen LogP contribution in [0.2, 0.25) is 0 Å². The Labute approximate surface area is 128 Å². The summed E-state index contributed by atoms with van der Waals surface area (Å²) in [4.78, 5) is 2.69. The topological polar surface area (TPSA) is 42.4 Å². The molecule has 0 amide bonds. The fraction of sp³-hybridized carbons (Fsp3) is 0.778. The summed E-state index contributed by atoms with van der Waals surface area (Å²) in [5.41, 5.74) is 6.97. The third-order valence-corrected chi connectivity index (χ3v) is 5.65. The van der Waals surface area contributed by atoms with Crippen LogP contribution >= 0.6 is 0 Å². The molecule has 3 nitrogen and oxygen atoms in total. The highest BCUT2D eigenvalue weighted by Gasteiger charge is 2.45. The van der Waals surface area contributed by atoms with E-state index in [1.54, 1.807) is 6.26 Å². The van der Waals surface area contributed by atoms with Crippen LogP contribution in [0.1, 0.15) is 64.6 Å². The molecule has 1 unspecified atom stereocenters. The van der Waals surface area contributed by atoms with Gasteiger partial charge in [0.25, 0.3) is 0 Å². The van der Waals surface area contributed by atoms with Gasteiger partial charge in [0.15, 0.2) is 0 Å². The van der Waals surface area contributed by atoms with E-state index in [4.69, 9.17) is 10.2 Å². The normalized spacial score (nSPS) is 29.5. The molecule has 1 atom stereocenters. The summed E-state index contributed by atoms with van der Waals surface area (Å²) in [5, 5.41) is 0. The van der Waals surface area contributed by atoms with E-state index in [2.05, 4.69) is 24.8 Å². The van der Waals surface area contributed by atoms with E-state index in [1.807, 2.05) is 6.07 Å². The number of nitrogens with zero attached hydrogens (tertiary/aromatic N) is 1. The van der Waals surface area contributed by atoms with Crippen molar-refractivity contribution in [3.63, 3.8) is 0 Å². The summed E-state index contributed by atoms with van der Waals surface area (Å²) < 4.78 is 5.61. The zero-order chi connectivity index (χ0) is 14.9. The standard InChI is InChI=1S/C18H30N2O/c1-17(2)8-4-9-18(14-19,11-10-17)20(15-6-7-15)13-16-5-3-12-21-16/h3,5,12,15H,4,6-11,13-14,19H2,1-2H3. The molecule has 3 heteroatoms. The first kappa shape index (κ1) is 15.1. The van der Waals surface area contributed by atoms with Crippen molar-refractivity contribution in [2.75, 3.05) is 6.54 Å². The van der Waals surface area contributed by atoms with Crippen LogP contribution in [0.3, 0.4) is 0 Å². The lowest BCUT2D eigenvalue weighted by atomic mass is 9.82. The molecule has 2 aliphatic carbocycles. The maximum Gasteiger partial charge on any atom is 0.117 e. The van der Waals surface area contributed by atoms with Gasteiger partial charge in [0.2, 0.25) is 0 Å². The molecule has 1 aromatic heterocycles. The average Bonchev–Trinajstić information content (AvgIpc) is 3.19. The van der Waals surface area contributed by atoms with Crippen LogP contribution in [-0.4, -0.2) is 23.0 Å². The van der Waals surface area contributed by atoms with Crippen LogP contribution < -0.4 is 5.73 Å². The van der Waals surface area contributed by atoms with E-state index < -0.39 is 0 Å². The highest BCUT2D eigenvalue weighted by molar-refractivity contribution is 5.06. The quantitative estimate of drug-likeness (QED) is 0.835. The molecule has 2 N–H and O–H groups in total. The first-order chi connectivity index (χ1) is 10.0. The van der Waals surface area contributed by atoms with Crippen LogP contribution in [0.5, 0.6) is 0 Å². The van der Waals surface area contributed by atoms with Gasteiger partial charge in [-0.15, -0.1) is 0 Å². The summed E-state index contributed by atoms with van der Waals surface area (Å²) in [6, 6.07) is 4.81. The summed E-state index contributed by atoms with van der Waals surface area (Å²) in [7, 11) is 0. The van der Waals surface area contributed by atoms with Crippen LogP contribution in [-0.2, 0) is 6.54 Å². The zero-order valence-electron chi connectivity index (χ0n) is 13.6. The maximum absolute atomic E-state index is 6.32. The smallest absolute Gasteiger partial charge is 0.117 e. The highest BCUT2D eigenvalue weighted by atomic mass is 16.3. The number of hydrogen-bond donors (Lipinski definition) is 1. The molecule has 118 valence electrons. The largest absolute Gasteiger partial charge is 0.468 e. The Kier molecular flexibility index (Phi) is 4.15. The van der Waals surface area contributed by atoms with Crippen LogP contribution in [0.15, 0.2) is 22.8 Å². The number of rotatable bonds is 5. The van der Waals surface area contributed by atoms with E-state index in [-0.39, 0.29) is 5.54 Å². The lowest BCUT2D eigenvalue weighted by Crippen LogP contribution is -2.54. The summed E-state index contributed by atoms with van der Waals surface area (Å²) in [6.45, 7) is 6.52. The second-order valence-electron chi connectivity index (χ2n) is 7.88. The minimum Gasteiger partial charge on any atom is -0.468 e. The molecule has 2 fully saturated rings. The van der Waals surface area contributed by atoms with Gasteiger partial charge in [-0.1, -0.05) is 20.3 Å². The highest BCUT2D eigenvalue weighted by Crippen LogP contribution is 2.44. The minimum absolute atomic E-state index is 0.182. The second kappa shape index (κ2) is 5.77. The Hall–Kier alpha value is -0.800. The van der Waals surface area contributed by atoms with Crippen molar-refractivity contribution in [1.29, 1.82) is 0 Å². The van der Waals surface area contributed by atoms with Gasteiger partial charge in [0.1, 0.15) is 5.76 Å². The van der Waals surface area contributed by atoms with Gasteiger partial charge in [-0.05, 0) is 56.1 Å². The van der Waals surface area contributed by atoms with Crippen molar-refractivity contribution in [1.82, 2.24) is 4.90 Å². The predicted octanol–water partition coefficient (Wildman–Crippen LogP) is 3.93. The number of furan rings is 1. The van der Waals surface area contributed by atoms with Gasteiger partial charge < -0.3 is 10.2 Å². The lowest BCUT2D eigenvalue weighted by Gasteiger charge is -2.43. The molecule has 0 saturated heterocycles. The number of hydrogen-bond acceptors (Lipinski definition) is 3. The fourth-order valence-corrected chi connectivity index (χ4v) is 3.97. The molecule has 2 aliphatic rings. The fourth-order valence-electron chi connectivity index (χ4n) is 3.97. The third kappa shape index (κ3) is 3.35. The summed E-state index contributed by atoms with van der Waals surface area (Å²) in [6.07, 6.45) is 10.8. The molecule has 3 rings (SSSR count). The first-order valence-corrected chi connectivity index (χ1v) is 8.54. The van der Waals surface area contributed by atoms with Gasteiger partial charge in [0.05, 0.1) is 12.8 Å². The maximum atomic E-state index is 6.32. The van der Waals surface area contributed by atoms with E-state index in [9.17, 15) is 0 Å². The molecular weight excluding hydrogens is 260 g/mol. The lowest BCUT2D eigenvalue weighted by molar-refractivity contribution is 0.0521. The molecule has 1 aromatic rings. The van der Waals surface area contributed by atoms with Crippen LogP contribution in [0.4, 0.5) is 0 Å². The van der Waals surface area contributed by atoms with E-state index >= 15 is 0 Å². The Balaban J connectivity index is 1.80. The second-order valence-corrected chi connectivity index (χ2v) is 7.88. The van der Waals surface area contributed by atoms with Crippen molar-refractivity contribution in [2.24, 2.45) is 11.1 Å². The Morgan fingerprint density at radius 2 is 2.05 bits per heavy atom. The number of nitrogens with two attached hydrogens (primary N) is 1. The van der Waals surface area contributed by atoms with Crippen molar-refractivity contribution in [3.05, 3.63) is 24.2 Å². The van der Waals surface area contributed by atoms with Gasteiger partial charge >= 0.3 is 0 Å². The molecule has 0 spiro atoms.